The summed E-state index contributed by atoms with van der Waals surface area (Å²) in [5, 5.41) is 10.4. The maximum Gasteiger partial charge on any atom is 0.219 e. The maximum atomic E-state index is 13.8. The van der Waals surface area contributed by atoms with Crippen molar-refractivity contribution in [2.45, 2.75) is 26.0 Å². The Morgan fingerprint density at radius 2 is 1.92 bits per heavy atom. The van der Waals surface area contributed by atoms with Crippen molar-refractivity contribution in [3.05, 3.63) is 35.6 Å². The summed E-state index contributed by atoms with van der Waals surface area (Å²) in [6.07, 6.45) is -0.804. The zero-order chi connectivity index (χ0) is 18.0. The molecule has 3 atom stereocenters. The van der Waals surface area contributed by atoms with Gasteiger partial charge in [0.15, 0.2) is 0 Å². The van der Waals surface area contributed by atoms with Crippen LogP contribution in [0.2, 0.25) is 0 Å². The lowest BCUT2D eigenvalue weighted by Crippen LogP contribution is -2.53. The van der Waals surface area contributed by atoms with Crippen LogP contribution in [0.3, 0.4) is 0 Å². The van der Waals surface area contributed by atoms with E-state index in [9.17, 15) is 14.3 Å². The molecule has 0 bridgehead atoms. The summed E-state index contributed by atoms with van der Waals surface area (Å²) in [7, 11) is 0. The van der Waals surface area contributed by atoms with E-state index in [-0.39, 0.29) is 11.7 Å². The predicted molar refractivity (Wildman–Crippen MR) is 94.6 cm³/mol. The Morgan fingerprint density at radius 3 is 2.56 bits per heavy atom. The molecular formula is C19H28FN3O2. The van der Waals surface area contributed by atoms with Crippen LogP contribution in [0, 0.1) is 11.7 Å². The lowest BCUT2D eigenvalue weighted by atomic mass is 10.0. The Labute approximate surface area is 149 Å². The molecule has 2 aliphatic heterocycles. The highest BCUT2D eigenvalue weighted by Gasteiger charge is 2.36. The van der Waals surface area contributed by atoms with Crippen molar-refractivity contribution >= 4 is 5.91 Å². The molecule has 0 radical (unpaired) electrons. The fraction of sp³-hybridized carbons (Fsp3) is 0.632. The molecular weight excluding hydrogens is 321 g/mol. The first-order chi connectivity index (χ1) is 12.0. The van der Waals surface area contributed by atoms with Gasteiger partial charge in [-0.3, -0.25) is 14.6 Å². The number of hydrogen-bond acceptors (Lipinski definition) is 4. The van der Waals surface area contributed by atoms with Gasteiger partial charge in [0, 0.05) is 64.3 Å². The number of carbonyl (C=O) groups excluding carboxylic acids is 1. The molecule has 6 heteroatoms. The molecule has 3 rings (SSSR count). The van der Waals surface area contributed by atoms with Crippen molar-refractivity contribution in [3.63, 3.8) is 0 Å². The second kappa shape index (κ2) is 7.81. The molecule has 2 saturated heterocycles. The number of amides is 1. The molecule has 0 aromatic heterocycles. The number of rotatable bonds is 4. The zero-order valence-corrected chi connectivity index (χ0v) is 15.1. The van der Waals surface area contributed by atoms with Gasteiger partial charge in [0.1, 0.15) is 5.82 Å². The third kappa shape index (κ3) is 4.19. The molecule has 5 nitrogen and oxygen atoms in total. The normalized spacial score (nSPS) is 26.8. The van der Waals surface area contributed by atoms with Crippen molar-refractivity contribution in [1.82, 2.24) is 14.7 Å². The number of carbonyl (C=O) groups is 1. The molecule has 1 aromatic rings. The molecule has 138 valence electrons. The molecule has 0 spiro atoms. The number of aliphatic hydroxyl groups excluding tert-OH is 1. The zero-order valence-electron chi connectivity index (χ0n) is 15.1. The van der Waals surface area contributed by atoms with Crippen LogP contribution in [0.1, 0.15) is 25.5 Å². The lowest BCUT2D eigenvalue weighted by Gasteiger charge is -2.39. The Balaban J connectivity index is 1.55. The fourth-order valence-corrected chi connectivity index (χ4v) is 4.13. The van der Waals surface area contributed by atoms with E-state index in [1.54, 1.807) is 25.1 Å². The van der Waals surface area contributed by atoms with E-state index in [0.717, 1.165) is 39.3 Å². The molecule has 1 amide bonds. The summed E-state index contributed by atoms with van der Waals surface area (Å²) in [6, 6.07) is 6.87. The Bertz CT molecular complexity index is 604. The first kappa shape index (κ1) is 18.3. The van der Waals surface area contributed by atoms with Crippen molar-refractivity contribution < 1.29 is 14.3 Å². The van der Waals surface area contributed by atoms with E-state index in [4.69, 9.17) is 0 Å². The van der Waals surface area contributed by atoms with Gasteiger partial charge in [-0.1, -0.05) is 25.1 Å². The van der Waals surface area contributed by atoms with Gasteiger partial charge in [-0.2, -0.15) is 0 Å². The van der Waals surface area contributed by atoms with Crippen molar-refractivity contribution in [3.8, 4) is 0 Å². The second-order valence-electron chi connectivity index (χ2n) is 7.34. The predicted octanol–water partition coefficient (Wildman–Crippen LogP) is 1.34. The van der Waals surface area contributed by atoms with Gasteiger partial charge in [0.2, 0.25) is 5.91 Å². The monoisotopic (exact) mass is 349 g/mol. The van der Waals surface area contributed by atoms with Crippen LogP contribution < -0.4 is 0 Å². The number of aliphatic hydroxyl groups is 1. The van der Waals surface area contributed by atoms with E-state index in [1.165, 1.54) is 6.07 Å². The Hall–Kier alpha value is -1.50. The number of piperazine rings is 1. The summed E-state index contributed by atoms with van der Waals surface area (Å²) < 4.78 is 13.8. The van der Waals surface area contributed by atoms with Crippen LogP contribution >= 0.6 is 0 Å². The molecule has 2 heterocycles. The first-order valence-electron chi connectivity index (χ1n) is 9.10. The Kier molecular flexibility index (Phi) is 5.71. The highest BCUT2D eigenvalue weighted by Crippen LogP contribution is 2.26. The van der Waals surface area contributed by atoms with E-state index < -0.39 is 6.10 Å². The molecule has 1 aromatic carbocycles. The van der Waals surface area contributed by atoms with Crippen LogP contribution in [-0.2, 0) is 4.79 Å². The van der Waals surface area contributed by atoms with Crippen LogP contribution in [0.5, 0.6) is 0 Å². The molecule has 2 fully saturated rings. The van der Waals surface area contributed by atoms with Gasteiger partial charge >= 0.3 is 0 Å². The van der Waals surface area contributed by atoms with Gasteiger partial charge in [-0.05, 0) is 12.0 Å². The van der Waals surface area contributed by atoms with Crippen LogP contribution in [-0.4, -0.2) is 77.6 Å². The molecule has 1 N–H and O–H groups in total. The molecule has 0 saturated carbocycles. The minimum absolute atomic E-state index is 0.147. The summed E-state index contributed by atoms with van der Waals surface area (Å²) in [6.45, 7) is 9.48. The average molecular weight is 349 g/mol. The van der Waals surface area contributed by atoms with Gasteiger partial charge in [0.25, 0.3) is 0 Å². The summed E-state index contributed by atoms with van der Waals surface area (Å²) in [5.41, 5.74) is 0.369. The summed E-state index contributed by atoms with van der Waals surface area (Å²) >= 11 is 0. The SMILES string of the molecule is CC(=O)N1CCN([C@@H]2CN(C[C@@H](O)c3ccccc3F)C[C@@H]2C)CC1. The van der Waals surface area contributed by atoms with Gasteiger partial charge < -0.3 is 10.0 Å². The smallest absolute Gasteiger partial charge is 0.219 e. The van der Waals surface area contributed by atoms with Crippen LogP contribution in [0.15, 0.2) is 24.3 Å². The van der Waals surface area contributed by atoms with E-state index >= 15 is 0 Å². The number of β-amino-alcohol motifs (C(OH)–C–C–N with tert-alkyl or cyclic N) is 1. The number of hydrogen-bond donors (Lipinski definition) is 1. The maximum absolute atomic E-state index is 13.8. The van der Waals surface area contributed by atoms with E-state index in [2.05, 4.69) is 16.7 Å². The highest BCUT2D eigenvalue weighted by atomic mass is 19.1. The van der Waals surface area contributed by atoms with E-state index in [1.807, 2.05) is 4.90 Å². The van der Waals surface area contributed by atoms with Crippen LogP contribution in [0.25, 0.3) is 0 Å². The van der Waals surface area contributed by atoms with Crippen molar-refractivity contribution in [2.75, 3.05) is 45.8 Å². The average Bonchev–Trinajstić information content (AvgIpc) is 2.95. The van der Waals surface area contributed by atoms with Gasteiger partial charge in [0.05, 0.1) is 6.10 Å². The van der Waals surface area contributed by atoms with E-state index in [0.29, 0.717) is 24.1 Å². The minimum Gasteiger partial charge on any atom is -0.387 e. The van der Waals surface area contributed by atoms with Crippen molar-refractivity contribution in [1.29, 1.82) is 0 Å². The number of benzene rings is 1. The topological polar surface area (TPSA) is 47.0 Å². The third-order valence-electron chi connectivity index (χ3n) is 5.57. The number of nitrogens with zero attached hydrogens (tertiary/aromatic N) is 3. The summed E-state index contributed by atoms with van der Waals surface area (Å²) in [4.78, 5) is 18.0. The molecule has 0 unspecified atom stereocenters. The summed E-state index contributed by atoms with van der Waals surface area (Å²) in [5.74, 6) is 0.296. The largest absolute Gasteiger partial charge is 0.387 e. The third-order valence-corrected chi connectivity index (χ3v) is 5.57. The van der Waals surface area contributed by atoms with Gasteiger partial charge in [-0.15, -0.1) is 0 Å². The Morgan fingerprint density at radius 1 is 1.24 bits per heavy atom. The second-order valence-corrected chi connectivity index (χ2v) is 7.34. The molecule has 25 heavy (non-hydrogen) atoms. The molecule has 2 aliphatic rings. The minimum atomic E-state index is -0.804. The number of halogens is 1. The number of likely N-dealkylation sites (tertiary alicyclic amines) is 1. The highest BCUT2D eigenvalue weighted by molar-refractivity contribution is 5.73. The fourth-order valence-electron chi connectivity index (χ4n) is 4.13. The first-order valence-corrected chi connectivity index (χ1v) is 9.10. The quantitative estimate of drug-likeness (QED) is 0.891. The van der Waals surface area contributed by atoms with Gasteiger partial charge in [-0.25, -0.2) is 4.39 Å². The molecule has 0 aliphatic carbocycles. The van der Waals surface area contributed by atoms with Crippen LogP contribution in [0.4, 0.5) is 4.39 Å². The standard InChI is InChI=1S/C19H28FN3O2/c1-14-11-21(13-19(25)16-5-3-4-6-17(16)20)12-18(14)23-9-7-22(8-10-23)15(2)24/h3-6,14,18-19,25H,7-13H2,1-2H3/t14-,18+,19+/m0/s1. The lowest BCUT2D eigenvalue weighted by molar-refractivity contribution is -0.130. The van der Waals surface area contributed by atoms with Crippen molar-refractivity contribution in [2.24, 2.45) is 5.92 Å².